The molecule has 2 saturated heterocycles. The standard InChI is InChI=1S/C16H21N5O5S/c17-14(18)10-3-11(27-7-10)5-20-15(24)12-4-16(25-1-2-26-16)8-21(12)13(23)6-19-9-22/h3,7,9,12H,1-2,4-6,8H2,(H3,17,18)(H,19,22)(H,20,24). The van der Waals surface area contributed by atoms with Crippen molar-refractivity contribution >= 4 is 35.4 Å². The summed E-state index contributed by atoms with van der Waals surface area (Å²) in [6.07, 6.45) is 0.666. The van der Waals surface area contributed by atoms with Crippen molar-refractivity contribution in [1.29, 1.82) is 5.41 Å². The third-order valence-corrected chi connectivity index (χ3v) is 5.40. The van der Waals surface area contributed by atoms with Crippen LogP contribution in [0.25, 0.3) is 0 Å². The van der Waals surface area contributed by atoms with Gasteiger partial charge in [-0.25, -0.2) is 0 Å². The zero-order valence-electron chi connectivity index (χ0n) is 14.5. The van der Waals surface area contributed by atoms with Gasteiger partial charge in [0.15, 0.2) is 5.79 Å². The summed E-state index contributed by atoms with van der Waals surface area (Å²) < 4.78 is 11.3. The molecule has 1 spiro atoms. The van der Waals surface area contributed by atoms with Crippen molar-refractivity contribution in [2.24, 2.45) is 5.73 Å². The fourth-order valence-electron chi connectivity index (χ4n) is 3.18. The first-order valence-corrected chi connectivity index (χ1v) is 9.26. The Morgan fingerprint density at radius 3 is 2.81 bits per heavy atom. The van der Waals surface area contributed by atoms with Gasteiger partial charge in [-0.3, -0.25) is 19.8 Å². The maximum atomic E-state index is 12.7. The SMILES string of the molecule is N=C(N)c1csc(CNC(=O)C2CC3(CN2C(=O)CNC=O)OCCO3)c1. The van der Waals surface area contributed by atoms with E-state index >= 15 is 0 Å². The van der Waals surface area contributed by atoms with Crippen LogP contribution >= 0.6 is 11.3 Å². The number of nitrogen functional groups attached to an aromatic ring is 1. The van der Waals surface area contributed by atoms with Crippen LogP contribution in [0, 0.1) is 5.41 Å². The van der Waals surface area contributed by atoms with Crippen LogP contribution in [0.2, 0.25) is 0 Å². The van der Waals surface area contributed by atoms with Crippen LogP contribution in [0.5, 0.6) is 0 Å². The Labute approximate surface area is 159 Å². The maximum absolute atomic E-state index is 12.7. The number of carbonyl (C=O) groups excluding carboxylic acids is 3. The van der Waals surface area contributed by atoms with Gasteiger partial charge < -0.3 is 30.7 Å². The molecule has 1 atom stereocenters. The Balaban J connectivity index is 1.66. The summed E-state index contributed by atoms with van der Waals surface area (Å²) in [5.41, 5.74) is 6.05. The van der Waals surface area contributed by atoms with E-state index in [-0.39, 0.29) is 43.7 Å². The highest BCUT2D eigenvalue weighted by Crippen LogP contribution is 2.34. The molecule has 2 fully saturated rings. The Bertz CT molecular complexity index is 745. The molecule has 5 N–H and O–H groups in total. The fourth-order valence-corrected chi connectivity index (χ4v) is 4.00. The van der Waals surface area contributed by atoms with E-state index < -0.39 is 11.8 Å². The number of rotatable bonds is 7. The van der Waals surface area contributed by atoms with Gasteiger partial charge in [0.25, 0.3) is 0 Å². The highest BCUT2D eigenvalue weighted by atomic mass is 32.1. The zero-order chi connectivity index (χ0) is 19.4. The maximum Gasteiger partial charge on any atom is 0.243 e. The molecule has 0 saturated carbocycles. The fraction of sp³-hybridized carbons (Fsp3) is 0.500. The van der Waals surface area contributed by atoms with Gasteiger partial charge in [0, 0.05) is 22.2 Å². The summed E-state index contributed by atoms with van der Waals surface area (Å²) >= 11 is 1.39. The van der Waals surface area contributed by atoms with Crippen molar-refractivity contribution in [3.05, 3.63) is 21.9 Å². The second-order valence-electron chi connectivity index (χ2n) is 6.28. The van der Waals surface area contributed by atoms with E-state index in [1.165, 1.54) is 16.2 Å². The number of carbonyl (C=O) groups is 3. The summed E-state index contributed by atoms with van der Waals surface area (Å²) in [6.45, 7) is 1.02. The molecule has 3 heterocycles. The Morgan fingerprint density at radius 1 is 1.44 bits per heavy atom. The van der Waals surface area contributed by atoms with E-state index in [9.17, 15) is 14.4 Å². The molecule has 0 aliphatic carbocycles. The average molecular weight is 395 g/mol. The molecule has 0 radical (unpaired) electrons. The number of thiophene rings is 1. The van der Waals surface area contributed by atoms with Gasteiger partial charge in [0.1, 0.15) is 11.9 Å². The van der Waals surface area contributed by atoms with Crippen LogP contribution in [0.4, 0.5) is 0 Å². The molecule has 1 unspecified atom stereocenters. The molecule has 146 valence electrons. The van der Waals surface area contributed by atoms with Crippen molar-refractivity contribution in [3.8, 4) is 0 Å². The van der Waals surface area contributed by atoms with E-state index in [0.29, 0.717) is 25.2 Å². The summed E-state index contributed by atoms with van der Waals surface area (Å²) in [4.78, 5) is 37.8. The van der Waals surface area contributed by atoms with Gasteiger partial charge in [-0.1, -0.05) is 0 Å². The zero-order valence-corrected chi connectivity index (χ0v) is 15.3. The molecular weight excluding hydrogens is 374 g/mol. The lowest BCUT2D eigenvalue weighted by molar-refractivity contribution is -0.152. The summed E-state index contributed by atoms with van der Waals surface area (Å²) in [6, 6.07) is 0.986. The molecule has 3 rings (SSSR count). The number of ether oxygens (including phenoxy) is 2. The Morgan fingerprint density at radius 2 is 2.19 bits per heavy atom. The van der Waals surface area contributed by atoms with Crippen molar-refractivity contribution < 1.29 is 23.9 Å². The van der Waals surface area contributed by atoms with Gasteiger partial charge >= 0.3 is 0 Å². The molecule has 1 aromatic heterocycles. The minimum absolute atomic E-state index is 0.0310. The number of amidine groups is 1. The highest BCUT2D eigenvalue weighted by molar-refractivity contribution is 7.10. The minimum Gasteiger partial charge on any atom is -0.384 e. The predicted molar refractivity (Wildman–Crippen MR) is 96.0 cm³/mol. The molecule has 27 heavy (non-hydrogen) atoms. The Kier molecular flexibility index (Phi) is 5.73. The number of nitrogens with two attached hydrogens (primary N) is 1. The molecule has 0 aromatic carbocycles. The number of hydrogen-bond acceptors (Lipinski definition) is 7. The highest BCUT2D eigenvalue weighted by Gasteiger charge is 2.52. The summed E-state index contributed by atoms with van der Waals surface area (Å²) in [5, 5.41) is 14.3. The van der Waals surface area contributed by atoms with Gasteiger partial charge in [-0.15, -0.1) is 11.3 Å². The number of likely N-dealkylation sites (tertiary alicyclic amines) is 1. The number of hydrogen-bond donors (Lipinski definition) is 4. The van der Waals surface area contributed by atoms with Crippen LogP contribution in [0.1, 0.15) is 16.9 Å². The third kappa shape index (κ3) is 4.26. The average Bonchev–Trinajstić information content (AvgIpc) is 3.38. The van der Waals surface area contributed by atoms with E-state index in [2.05, 4.69) is 10.6 Å². The van der Waals surface area contributed by atoms with Gasteiger partial charge in [0.05, 0.1) is 32.8 Å². The van der Waals surface area contributed by atoms with Gasteiger partial charge in [-0.2, -0.15) is 0 Å². The first-order chi connectivity index (χ1) is 12.9. The number of amides is 3. The lowest BCUT2D eigenvalue weighted by Gasteiger charge is -2.23. The number of nitrogens with zero attached hydrogens (tertiary/aromatic N) is 1. The third-order valence-electron chi connectivity index (χ3n) is 4.47. The summed E-state index contributed by atoms with van der Waals surface area (Å²) in [7, 11) is 0. The molecule has 0 bridgehead atoms. The Hall–Kier alpha value is -2.50. The minimum atomic E-state index is -0.969. The second kappa shape index (κ2) is 8.03. The topological polar surface area (TPSA) is 147 Å². The second-order valence-corrected chi connectivity index (χ2v) is 7.28. The van der Waals surface area contributed by atoms with Crippen LogP contribution in [0.3, 0.4) is 0 Å². The normalized spacial score (nSPS) is 20.6. The smallest absolute Gasteiger partial charge is 0.243 e. The van der Waals surface area contributed by atoms with Crippen LogP contribution < -0.4 is 16.4 Å². The predicted octanol–water partition coefficient (Wildman–Crippen LogP) is -1.26. The first kappa shape index (κ1) is 19.3. The van der Waals surface area contributed by atoms with E-state index in [1.807, 2.05) is 0 Å². The van der Waals surface area contributed by atoms with Gasteiger partial charge in [0.2, 0.25) is 18.2 Å². The first-order valence-electron chi connectivity index (χ1n) is 8.38. The monoisotopic (exact) mass is 395 g/mol. The van der Waals surface area contributed by atoms with E-state index in [1.54, 1.807) is 11.4 Å². The van der Waals surface area contributed by atoms with Crippen LogP contribution in [-0.2, 0) is 30.4 Å². The quantitative estimate of drug-likeness (QED) is 0.257. The summed E-state index contributed by atoms with van der Waals surface area (Å²) in [5.74, 6) is -1.71. The van der Waals surface area contributed by atoms with Gasteiger partial charge in [-0.05, 0) is 6.07 Å². The molecular formula is C16H21N5O5S. The van der Waals surface area contributed by atoms with Crippen molar-refractivity contribution in [2.75, 3.05) is 26.3 Å². The molecule has 3 amide bonds. The molecule has 11 heteroatoms. The lowest BCUT2D eigenvalue weighted by Crippen LogP contribution is -2.48. The molecule has 1 aromatic rings. The number of nitrogens with one attached hydrogen (secondary N) is 3. The van der Waals surface area contributed by atoms with E-state index in [4.69, 9.17) is 20.6 Å². The largest absolute Gasteiger partial charge is 0.384 e. The molecule has 10 nitrogen and oxygen atoms in total. The van der Waals surface area contributed by atoms with E-state index in [0.717, 1.165) is 4.88 Å². The van der Waals surface area contributed by atoms with Crippen molar-refractivity contribution in [3.63, 3.8) is 0 Å². The lowest BCUT2D eigenvalue weighted by atomic mass is 10.1. The van der Waals surface area contributed by atoms with Crippen molar-refractivity contribution in [1.82, 2.24) is 15.5 Å². The van der Waals surface area contributed by atoms with Crippen molar-refractivity contribution in [2.45, 2.75) is 24.8 Å². The molecule has 2 aliphatic heterocycles. The molecule has 2 aliphatic rings. The van der Waals surface area contributed by atoms with Crippen LogP contribution in [0.15, 0.2) is 11.4 Å². The van der Waals surface area contributed by atoms with Crippen LogP contribution in [-0.4, -0.2) is 67.1 Å².